The molecule has 3 rings (SSSR count). The molecule has 1 N–H and O–H groups in total. The van der Waals surface area contributed by atoms with Gasteiger partial charge in [-0.3, -0.25) is 4.79 Å². The molecule has 0 spiro atoms. The molecule has 0 atom stereocenters. The molecular weight excluding hydrogens is 371 g/mol. The Balaban J connectivity index is 1.61. The molecule has 0 aliphatic rings. The van der Waals surface area contributed by atoms with Crippen molar-refractivity contribution in [2.45, 2.75) is 12.7 Å². The molecule has 28 heavy (non-hydrogen) atoms. The summed E-state index contributed by atoms with van der Waals surface area (Å²) in [5.41, 5.74) is 1.70. The van der Waals surface area contributed by atoms with Crippen molar-refractivity contribution in [3.8, 4) is 17.1 Å². The average Bonchev–Trinajstić information content (AvgIpc) is 2.72. The second kappa shape index (κ2) is 8.08. The maximum absolute atomic E-state index is 12.6. The summed E-state index contributed by atoms with van der Waals surface area (Å²) in [5, 5.41) is 10.6. The van der Waals surface area contributed by atoms with Gasteiger partial charge in [0, 0.05) is 23.7 Å². The number of nitrogens with zero attached hydrogens (tertiary/aromatic N) is 2. The van der Waals surface area contributed by atoms with Gasteiger partial charge in [-0.1, -0.05) is 24.3 Å². The fourth-order valence-electron chi connectivity index (χ4n) is 2.47. The number of carbonyl (C=O) groups is 1. The molecule has 1 amide bonds. The van der Waals surface area contributed by atoms with E-state index in [4.69, 9.17) is 4.74 Å². The zero-order valence-electron chi connectivity index (χ0n) is 14.8. The minimum absolute atomic E-state index is 0.128. The third-order valence-electron chi connectivity index (χ3n) is 4.03. The van der Waals surface area contributed by atoms with Crippen LogP contribution >= 0.6 is 0 Å². The van der Waals surface area contributed by atoms with Gasteiger partial charge in [0.05, 0.1) is 18.4 Å². The topological polar surface area (TPSA) is 64.1 Å². The number of hydrogen-bond donors (Lipinski definition) is 1. The Bertz CT molecular complexity index is 938. The second-order valence-electron chi connectivity index (χ2n) is 5.92. The molecule has 0 unspecified atom stereocenters. The number of nitrogens with one attached hydrogen (secondary N) is 1. The van der Waals surface area contributed by atoms with Crippen LogP contribution in [0.4, 0.5) is 13.2 Å². The lowest BCUT2D eigenvalue weighted by Crippen LogP contribution is -2.22. The van der Waals surface area contributed by atoms with Crippen molar-refractivity contribution in [2.75, 3.05) is 7.11 Å². The first-order valence-corrected chi connectivity index (χ1v) is 8.29. The van der Waals surface area contributed by atoms with Crippen molar-refractivity contribution in [3.05, 3.63) is 77.4 Å². The smallest absolute Gasteiger partial charge is 0.416 e. The van der Waals surface area contributed by atoms with Gasteiger partial charge in [-0.15, -0.1) is 10.2 Å². The molecular formula is C20H16F3N3O2. The van der Waals surface area contributed by atoms with Crippen LogP contribution < -0.4 is 10.1 Å². The van der Waals surface area contributed by atoms with Crippen molar-refractivity contribution in [3.63, 3.8) is 0 Å². The van der Waals surface area contributed by atoms with Gasteiger partial charge >= 0.3 is 6.18 Å². The van der Waals surface area contributed by atoms with Crippen LogP contribution in [-0.4, -0.2) is 23.2 Å². The monoisotopic (exact) mass is 387 g/mol. The number of aromatic nitrogens is 2. The van der Waals surface area contributed by atoms with Gasteiger partial charge in [0.25, 0.3) is 5.91 Å². The highest BCUT2D eigenvalue weighted by Gasteiger charge is 2.29. The maximum atomic E-state index is 12.6. The van der Waals surface area contributed by atoms with Crippen LogP contribution in [0.5, 0.6) is 5.88 Å². The van der Waals surface area contributed by atoms with E-state index < -0.39 is 11.7 Å². The number of ether oxygens (including phenoxy) is 1. The van der Waals surface area contributed by atoms with Crippen molar-refractivity contribution in [1.29, 1.82) is 0 Å². The van der Waals surface area contributed by atoms with Crippen molar-refractivity contribution < 1.29 is 22.7 Å². The Morgan fingerprint density at radius 3 is 2.18 bits per heavy atom. The lowest BCUT2D eigenvalue weighted by atomic mass is 10.1. The number of amides is 1. The second-order valence-corrected chi connectivity index (χ2v) is 5.92. The zero-order valence-corrected chi connectivity index (χ0v) is 14.8. The molecule has 0 saturated heterocycles. The Morgan fingerprint density at radius 1 is 0.964 bits per heavy atom. The number of benzene rings is 2. The summed E-state index contributed by atoms with van der Waals surface area (Å²) in [4.78, 5) is 12.2. The van der Waals surface area contributed by atoms with E-state index in [9.17, 15) is 18.0 Å². The summed E-state index contributed by atoms with van der Waals surface area (Å²) in [6, 6.07) is 14.9. The van der Waals surface area contributed by atoms with E-state index in [0.717, 1.165) is 17.7 Å². The standard InChI is InChI=1S/C20H16F3N3O2/c1-28-18-11-10-17(25-26-18)14-4-6-15(7-5-14)19(27)24-12-13-2-8-16(9-3-13)20(21,22)23/h2-11H,12H2,1H3,(H,24,27). The molecule has 8 heteroatoms. The number of rotatable bonds is 5. The summed E-state index contributed by atoms with van der Waals surface area (Å²) < 4.78 is 42.7. The molecule has 0 aliphatic carbocycles. The minimum Gasteiger partial charge on any atom is -0.480 e. The van der Waals surface area contributed by atoms with Gasteiger partial charge in [-0.25, -0.2) is 0 Å². The Morgan fingerprint density at radius 2 is 1.64 bits per heavy atom. The zero-order chi connectivity index (χ0) is 20.1. The van der Waals surface area contributed by atoms with E-state index in [1.54, 1.807) is 36.4 Å². The average molecular weight is 387 g/mol. The fourth-order valence-corrected chi connectivity index (χ4v) is 2.47. The Hall–Kier alpha value is -3.42. The Labute approximate surface area is 159 Å². The minimum atomic E-state index is -4.38. The van der Waals surface area contributed by atoms with Gasteiger partial charge in [0.15, 0.2) is 0 Å². The summed E-state index contributed by atoms with van der Waals surface area (Å²) in [5.74, 6) is 0.0790. The Kier molecular flexibility index (Phi) is 5.58. The molecule has 1 aromatic heterocycles. The highest BCUT2D eigenvalue weighted by atomic mass is 19.4. The number of alkyl halides is 3. The van der Waals surface area contributed by atoms with Crippen LogP contribution in [0.3, 0.4) is 0 Å². The van der Waals surface area contributed by atoms with Crippen LogP contribution in [0.25, 0.3) is 11.3 Å². The lowest BCUT2D eigenvalue weighted by Gasteiger charge is -2.09. The van der Waals surface area contributed by atoms with E-state index in [-0.39, 0.29) is 12.5 Å². The molecule has 0 radical (unpaired) electrons. The maximum Gasteiger partial charge on any atom is 0.416 e. The fraction of sp³-hybridized carbons (Fsp3) is 0.150. The van der Waals surface area contributed by atoms with Crippen LogP contribution in [0.15, 0.2) is 60.7 Å². The molecule has 144 valence electrons. The number of halogens is 3. The third kappa shape index (κ3) is 4.64. The predicted octanol–water partition coefficient (Wildman–Crippen LogP) is 4.10. The number of carbonyl (C=O) groups excluding carboxylic acids is 1. The third-order valence-corrected chi connectivity index (χ3v) is 4.03. The molecule has 3 aromatic rings. The van der Waals surface area contributed by atoms with Crippen LogP contribution in [0.1, 0.15) is 21.5 Å². The van der Waals surface area contributed by atoms with E-state index in [1.165, 1.54) is 19.2 Å². The first-order valence-electron chi connectivity index (χ1n) is 8.29. The lowest BCUT2D eigenvalue weighted by molar-refractivity contribution is -0.137. The molecule has 2 aromatic carbocycles. The van der Waals surface area contributed by atoms with Crippen molar-refractivity contribution in [2.24, 2.45) is 0 Å². The predicted molar refractivity (Wildman–Crippen MR) is 96.6 cm³/mol. The highest BCUT2D eigenvalue weighted by molar-refractivity contribution is 5.94. The quantitative estimate of drug-likeness (QED) is 0.716. The highest BCUT2D eigenvalue weighted by Crippen LogP contribution is 2.29. The van der Waals surface area contributed by atoms with Crippen molar-refractivity contribution in [1.82, 2.24) is 15.5 Å². The van der Waals surface area contributed by atoms with Crippen LogP contribution in [0, 0.1) is 0 Å². The molecule has 0 fully saturated rings. The first-order chi connectivity index (χ1) is 13.4. The van der Waals surface area contributed by atoms with E-state index in [2.05, 4.69) is 15.5 Å². The van der Waals surface area contributed by atoms with E-state index >= 15 is 0 Å². The summed E-state index contributed by atoms with van der Waals surface area (Å²) in [7, 11) is 1.50. The van der Waals surface area contributed by atoms with E-state index in [1.807, 2.05) is 0 Å². The normalized spacial score (nSPS) is 11.1. The van der Waals surface area contributed by atoms with Crippen molar-refractivity contribution >= 4 is 5.91 Å². The summed E-state index contributed by atoms with van der Waals surface area (Å²) in [6.07, 6.45) is -4.38. The summed E-state index contributed by atoms with van der Waals surface area (Å²) >= 11 is 0. The van der Waals surface area contributed by atoms with Gasteiger partial charge in [-0.2, -0.15) is 13.2 Å². The van der Waals surface area contributed by atoms with Crippen LogP contribution in [0.2, 0.25) is 0 Å². The van der Waals surface area contributed by atoms with Gasteiger partial charge in [0.1, 0.15) is 0 Å². The largest absolute Gasteiger partial charge is 0.480 e. The van der Waals surface area contributed by atoms with Gasteiger partial charge in [0.2, 0.25) is 5.88 Å². The molecule has 0 aliphatic heterocycles. The van der Waals surface area contributed by atoms with Gasteiger partial charge in [-0.05, 0) is 35.9 Å². The molecule has 1 heterocycles. The van der Waals surface area contributed by atoms with E-state index in [0.29, 0.717) is 22.7 Å². The number of hydrogen-bond acceptors (Lipinski definition) is 4. The van der Waals surface area contributed by atoms with Gasteiger partial charge < -0.3 is 10.1 Å². The first kappa shape index (κ1) is 19.3. The molecule has 0 saturated carbocycles. The number of methoxy groups -OCH3 is 1. The molecule has 5 nitrogen and oxygen atoms in total. The SMILES string of the molecule is COc1ccc(-c2ccc(C(=O)NCc3ccc(C(F)(F)F)cc3)cc2)nn1. The van der Waals surface area contributed by atoms with Crippen LogP contribution in [-0.2, 0) is 12.7 Å². The molecule has 0 bridgehead atoms. The summed E-state index contributed by atoms with van der Waals surface area (Å²) in [6.45, 7) is 0.128.